The fraction of sp³-hybridized carbons (Fsp3) is 0.643. The molecule has 3 aliphatic carbocycles. The van der Waals surface area contributed by atoms with Gasteiger partial charge >= 0.3 is 6.09 Å². The minimum Gasteiger partial charge on any atom is -0.494 e. The van der Waals surface area contributed by atoms with Crippen molar-refractivity contribution >= 4 is 12.0 Å². The van der Waals surface area contributed by atoms with Gasteiger partial charge in [-0.3, -0.25) is 4.79 Å². The van der Waals surface area contributed by atoms with E-state index in [-0.39, 0.29) is 28.9 Å². The predicted molar refractivity (Wildman–Crippen MR) is 131 cm³/mol. The van der Waals surface area contributed by atoms with Gasteiger partial charge < -0.3 is 19.7 Å². The van der Waals surface area contributed by atoms with Crippen LogP contribution in [0.5, 0.6) is 11.5 Å². The van der Waals surface area contributed by atoms with Gasteiger partial charge in [0.25, 0.3) is 0 Å². The van der Waals surface area contributed by atoms with Crippen molar-refractivity contribution in [1.82, 2.24) is 10.2 Å². The van der Waals surface area contributed by atoms with Crippen LogP contribution < -0.4 is 14.8 Å². The summed E-state index contributed by atoms with van der Waals surface area (Å²) in [4.78, 5) is 27.1. The number of nitrogens with zero attached hydrogens (tertiary/aromatic N) is 1. The summed E-state index contributed by atoms with van der Waals surface area (Å²) in [5.41, 5.74) is 0.125. The lowest BCUT2D eigenvalue weighted by atomic mass is 9.48. The zero-order chi connectivity index (χ0) is 24.1. The van der Waals surface area contributed by atoms with Gasteiger partial charge in [-0.1, -0.05) is 26.0 Å². The van der Waals surface area contributed by atoms with Crippen LogP contribution in [-0.2, 0) is 4.79 Å². The average Bonchev–Trinajstić information content (AvgIpc) is 3.13. The third-order valence-corrected chi connectivity index (χ3v) is 9.75. The number of hydrogen-bond donors (Lipinski definition) is 1. The van der Waals surface area contributed by atoms with E-state index >= 15 is 0 Å². The number of rotatable bonds is 4. The highest BCUT2D eigenvalue weighted by Gasteiger charge is 2.60. The van der Waals surface area contributed by atoms with E-state index in [1.807, 2.05) is 31.0 Å². The standard InChI is InChI=1S/C28H38N2O4/c1-5-33-18-7-6-8-19(17-18)34-26(32)29-23-11-10-21-20-9-12-24-28(3,16-14-25(31)30(24)4)22(20)13-15-27(21,23)2/h6-8,14,16-17,20-24H,5,9-13,15H2,1-4H3,(H,29,32)/t20-,21-,22-,23-,24+,27-,28+/m0/s1. The SMILES string of the molecule is CCOc1cccc(OC(=O)N[C@H]2CC[C@H]3[C@@H]4CC[C@H]5N(C)C(=O)C=C[C@]5(C)[C@H]4CC[C@]23C)c1. The first kappa shape index (κ1) is 23.3. The molecule has 6 heteroatoms. The molecule has 3 saturated carbocycles. The Morgan fingerprint density at radius 1 is 1.12 bits per heavy atom. The molecule has 0 unspecified atom stereocenters. The quantitative estimate of drug-likeness (QED) is 0.664. The molecule has 1 N–H and O–H groups in total. The molecule has 1 aromatic carbocycles. The number of carbonyl (C=O) groups excluding carboxylic acids is 2. The van der Waals surface area contributed by atoms with Crippen LogP contribution in [0.4, 0.5) is 4.79 Å². The van der Waals surface area contributed by atoms with E-state index in [0.717, 1.165) is 38.5 Å². The highest BCUT2D eigenvalue weighted by molar-refractivity contribution is 5.89. The topological polar surface area (TPSA) is 67.9 Å². The second-order valence-corrected chi connectivity index (χ2v) is 11.2. The molecule has 1 heterocycles. The summed E-state index contributed by atoms with van der Waals surface area (Å²) in [6, 6.07) is 7.66. The van der Waals surface area contributed by atoms with Crippen molar-refractivity contribution in [1.29, 1.82) is 0 Å². The lowest BCUT2D eigenvalue weighted by molar-refractivity contribution is -0.138. The summed E-state index contributed by atoms with van der Waals surface area (Å²) < 4.78 is 11.1. The third-order valence-electron chi connectivity index (χ3n) is 9.75. The van der Waals surface area contributed by atoms with Crippen molar-refractivity contribution in [2.24, 2.45) is 28.6 Å². The number of amides is 2. The first-order chi connectivity index (χ1) is 16.3. The van der Waals surface area contributed by atoms with E-state index in [2.05, 4.69) is 25.2 Å². The zero-order valence-corrected chi connectivity index (χ0v) is 20.9. The number of hydrogen-bond acceptors (Lipinski definition) is 4. The zero-order valence-electron chi connectivity index (χ0n) is 20.9. The normalized spacial score (nSPS) is 38.5. The van der Waals surface area contributed by atoms with Crippen molar-refractivity contribution in [3.63, 3.8) is 0 Å². The maximum Gasteiger partial charge on any atom is 0.412 e. The van der Waals surface area contributed by atoms with Gasteiger partial charge in [-0.05, 0) is 86.8 Å². The minimum absolute atomic E-state index is 0.0446. The van der Waals surface area contributed by atoms with Crippen molar-refractivity contribution < 1.29 is 19.1 Å². The molecule has 6 nitrogen and oxygen atoms in total. The highest BCUT2D eigenvalue weighted by Crippen LogP contribution is 2.63. The maximum absolute atomic E-state index is 12.8. The Morgan fingerprint density at radius 3 is 2.71 bits per heavy atom. The van der Waals surface area contributed by atoms with Crippen LogP contribution in [0.25, 0.3) is 0 Å². The monoisotopic (exact) mass is 466 g/mol. The molecular formula is C28H38N2O4. The smallest absolute Gasteiger partial charge is 0.412 e. The maximum atomic E-state index is 12.8. The van der Waals surface area contributed by atoms with Crippen LogP contribution in [0.2, 0.25) is 0 Å². The molecule has 1 aliphatic heterocycles. The molecule has 0 radical (unpaired) electrons. The van der Waals surface area contributed by atoms with E-state index in [1.54, 1.807) is 18.2 Å². The molecule has 0 bridgehead atoms. The fourth-order valence-electron chi connectivity index (χ4n) is 8.05. The summed E-state index contributed by atoms with van der Waals surface area (Å²) in [6.07, 6.45) is 10.2. The number of benzene rings is 1. The first-order valence-electron chi connectivity index (χ1n) is 12.9. The number of carbonyl (C=O) groups is 2. The van der Waals surface area contributed by atoms with Crippen molar-refractivity contribution in [2.45, 2.75) is 71.4 Å². The molecule has 5 rings (SSSR count). The Bertz CT molecular complexity index is 992. The van der Waals surface area contributed by atoms with Crippen LogP contribution >= 0.6 is 0 Å². The van der Waals surface area contributed by atoms with Gasteiger partial charge in [0, 0.05) is 30.6 Å². The molecule has 1 aromatic rings. The Balaban J connectivity index is 1.28. The Morgan fingerprint density at radius 2 is 1.91 bits per heavy atom. The van der Waals surface area contributed by atoms with E-state index in [0.29, 0.717) is 41.9 Å². The van der Waals surface area contributed by atoms with Gasteiger partial charge in [-0.15, -0.1) is 0 Å². The largest absolute Gasteiger partial charge is 0.494 e. The Kier molecular flexibility index (Phi) is 5.89. The summed E-state index contributed by atoms with van der Waals surface area (Å²) in [5, 5.41) is 3.22. The van der Waals surface area contributed by atoms with E-state index in [4.69, 9.17) is 9.47 Å². The number of nitrogens with one attached hydrogen (secondary N) is 1. The van der Waals surface area contributed by atoms with Crippen molar-refractivity contribution in [3.05, 3.63) is 36.4 Å². The predicted octanol–water partition coefficient (Wildman–Crippen LogP) is 5.18. The molecule has 4 aliphatic rings. The Labute approximate surface area is 203 Å². The number of fused-ring (bicyclic) bond motifs is 5. The minimum atomic E-state index is -0.381. The molecule has 0 spiro atoms. The molecule has 2 amide bonds. The van der Waals surface area contributed by atoms with E-state index < -0.39 is 0 Å². The van der Waals surface area contributed by atoms with Gasteiger partial charge in [0.15, 0.2) is 0 Å². The lowest BCUT2D eigenvalue weighted by Gasteiger charge is -2.60. The van der Waals surface area contributed by atoms with Crippen LogP contribution in [0, 0.1) is 28.6 Å². The van der Waals surface area contributed by atoms with E-state index in [9.17, 15) is 9.59 Å². The van der Waals surface area contributed by atoms with Crippen LogP contribution in [-0.4, -0.2) is 42.6 Å². The summed E-state index contributed by atoms with van der Waals surface area (Å²) >= 11 is 0. The van der Waals surface area contributed by atoms with Crippen LogP contribution in [0.15, 0.2) is 36.4 Å². The second kappa shape index (κ2) is 8.62. The van der Waals surface area contributed by atoms with Crippen LogP contribution in [0.3, 0.4) is 0 Å². The van der Waals surface area contributed by atoms with Gasteiger partial charge in [-0.25, -0.2) is 4.79 Å². The lowest BCUT2D eigenvalue weighted by Crippen LogP contribution is -2.60. The molecule has 0 aromatic heterocycles. The number of ether oxygens (including phenoxy) is 2. The van der Waals surface area contributed by atoms with Gasteiger partial charge in [0.05, 0.1) is 6.61 Å². The van der Waals surface area contributed by atoms with Crippen molar-refractivity contribution in [2.75, 3.05) is 13.7 Å². The molecule has 184 valence electrons. The summed E-state index contributed by atoms with van der Waals surface area (Å²) in [5.74, 6) is 3.15. The second-order valence-electron chi connectivity index (χ2n) is 11.2. The van der Waals surface area contributed by atoms with Crippen LogP contribution in [0.1, 0.15) is 59.3 Å². The third kappa shape index (κ3) is 3.70. The molecule has 34 heavy (non-hydrogen) atoms. The summed E-state index contributed by atoms with van der Waals surface area (Å²) in [7, 11) is 1.97. The molecule has 7 atom stereocenters. The number of likely N-dealkylation sites (N-methyl/N-ethyl adjacent to an activating group) is 1. The van der Waals surface area contributed by atoms with Gasteiger partial charge in [0.2, 0.25) is 5.91 Å². The summed E-state index contributed by atoms with van der Waals surface area (Å²) in [6.45, 7) is 7.25. The fourth-order valence-corrected chi connectivity index (χ4v) is 8.05. The van der Waals surface area contributed by atoms with Gasteiger partial charge in [0.1, 0.15) is 11.5 Å². The Hall–Kier alpha value is -2.50. The first-order valence-corrected chi connectivity index (χ1v) is 12.9. The molecular weight excluding hydrogens is 428 g/mol. The molecule has 3 fully saturated rings. The van der Waals surface area contributed by atoms with Crippen molar-refractivity contribution in [3.8, 4) is 11.5 Å². The highest BCUT2D eigenvalue weighted by atomic mass is 16.6. The molecule has 0 saturated heterocycles. The van der Waals surface area contributed by atoms with Gasteiger partial charge in [-0.2, -0.15) is 0 Å². The average molecular weight is 467 g/mol. The van der Waals surface area contributed by atoms with E-state index in [1.165, 1.54) is 0 Å².